The zero-order chi connectivity index (χ0) is 26.5. The molecule has 1 fully saturated rings. The van der Waals surface area contributed by atoms with Crippen LogP contribution in [0, 0.1) is 0 Å². The molecule has 0 aromatic heterocycles. The summed E-state index contributed by atoms with van der Waals surface area (Å²) in [4.78, 5) is 40.0. The number of carboxylic acids is 1. The van der Waals surface area contributed by atoms with Gasteiger partial charge < -0.3 is 20.1 Å². The molecule has 196 valence electrons. The van der Waals surface area contributed by atoms with Crippen molar-refractivity contribution < 1.29 is 24.2 Å². The van der Waals surface area contributed by atoms with Crippen LogP contribution in [0.3, 0.4) is 0 Å². The van der Waals surface area contributed by atoms with Crippen LogP contribution in [-0.2, 0) is 20.9 Å². The molecule has 3 aromatic carbocycles. The molecule has 0 radical (unpaired) electrons. The number of carbonyl (C=O) groups is 3. The van der Waals surface area contributed by atoms with Crippen molar-refractivity contribution >= 4 is 18.0 Å². The number of rotatable bonds is 8. The maximum absolute atomic E-state index is 13.9. The van der Waals surface area contributed by atoms with Crippen LogP contribution in [0.5, 0.6) is 0 Å². The lowest BCUT2D eigenvalue weighted by Gasteiger charge is -2.39. The Morgan fingerprint density at radius 1 is 0.842 bits per heavy atom. The van der Waals surface area contributed by atoms with Gasteiger partial charge in [-0.05, 0) is 40.7 Å². The second-order valence-electron chi connectivity index (χ2n) is 10.1. The Bertz CT molecular complexity index is 1270. The number of carbonyl (C=O) groups excluding carboxylic acids is 2. The van der Waals surface area contributed by atoms with Gasteiger partial charge in [0.15, 0.2) is 0 Å². The molecule has 0 spiro atoms. The summed E-state index contributed by atoms with van der Waals surface area (Å²) < 4.78 is 5.76. The summed E-state index contributed by atoms with van der Waals surface area (Å²) in [7, 11) is 0. The smallest absolute Gasteiger partial charge is 0.408 e. The summed E-state index contributed by atoms with van der Waals surface area (Å²) in [6.07, 6.45) is 2.72. The van der Waals surface area contributed by atoms with Crippen molar-refractivity contribution in [2.75, 3.05) is 13.2 Å². The minimum atomic E-state index is -1.19. The van der Waals surface area contributed by atoms with Crippen molar-refractivity contribution in [2.24, 2.45) is 0 Å². The molecule has 38 heavy (non-hydrogen) atoms. The van der Waals surface area contributed by atoms with Crippen LogP contribution in [0.2, 0.25) is 0 Å². The quantitative estimate of drug-likeness (QED) is 0.425. The molecule has 2 aliphatic rings. The van der Waals surface area contributed by atoms with Gasteiger partial charge in [-0.2, -0.15) is 0 Å². The second kappa shape index (κ2) is 11.1. The Balaban J connectivity index is 1.33. The largest absolute Gasteiger partial charge is 0.480 e. The first kappa shape index (κ1) is 25.5. The van der Waals surface area contributed by atoms with Crippen LogP contribution >= 0.6 is 0 Å². The van der Waals surface area contributed by atoms with Gasteiger partial charge in [0, 0.05) is 12.5 Å². The molecule has 1 saturated carbocycles. The highest BCUT2D eigenvalue weighted by atomic mass is 16.5. The first-order chi connectivity index (χ1) is 18.5. The zero-order valence-electron chi connectivity index (χ0n) is 21.3. The number of fused-ring (bicyclic) bond motifs is 3. The van der Waals surface area contributed by atoms with E-state index in [1.165, 1.54) is 4.90 Å². The molecule has 5 rings (SSSR count). The molecule has 0 heterocycles. The predicted molar refractivity (Wildman–Crippen MR) is 144 cm³/mol. The van der Waals surface area contributed by atoms with E-state index in [1.54, 1.807) is 0 Å². The van der Waals surface area contributed by atoms with E-state index in [0.717, 1.165) is 47.1 Å². The number of aliphatic carboxylic acids is 1. The Hall–Kier alpha value is -4.13. The summed E-state index contributed by atoms with van der Waals surface area (Å²) in [6.45, 7) is -0.144. The fourth-order valence-corrected chi connectivity index (χ4v) is 5.85. The van der Waals surface area contributed by atoms with Gasteiger partial charge in [-0.25, -0.2) is 4.79 Å². The molecule has 0 saturated heterocycles. The molecule has 0 atom stereocenters. The number of nitrogens with zero attached hydrogens (tertiary/aromatic N) is 1. The molecule has 7 nitrogen and oxygen atoms in total. The van der Waals surface area contributed by atoms with E-state index in [9.17, 15) is 19.5 Å². The van der Waals surface area contributed by atoms with Crippen molar-refractivity contribution in [1.29, 1.82) is 0 Å². The summed E-state index contributed by atoms with van der Waals surface area (Å²) in [5.41, 5.74) is 4.14. The lowest BCUT2D eigenvalue weighted by Crippen LogP contribution is -2.61. The topological polar surface area (TPSA) is 95.9 Å². The van der Waals surface area contributed by atoms with Crippen LogP contribution in [0.1, 0.15) is 54.7 Å². The number of amides is 2. The number of hydrogen-bond donors (Lipinski definition) is 2. The molecule has 0 aliphatic heterocycles. The molecular formula is C31H32N2O5. The molecular weight excluding hydrogens is 480 g/mol. The number of hydrogen-bond acceptors (Lipinski definition) is 4. The van der Waals surface area contributed by atoms with Gasteiger partial charge in [0.1, 0.15) is 18.7 Å². The van der Waals surface area contributed by atoms with Gasteiger partial charge in [-0.3, -0.25) is 9.59 Å². The van der Waals surface area contributed by atoms with Gasteiger partial charge in [-0.15, -0.1) is 0 Å². The highest BCUT2D eigenvalue weighted by Gasteiger charge is 2.44. The Morgan fingerprint density at radius 3 is 2.03 bits per heavy atom. The molecule has 3 aromatic rings. The highest BCUT2D eigenvalue weighted by molar-refractivity contribution is 5.92. The minimum Gasteiger partial charge on any atom is -0.480 e. The summed E-state index contributed by atoms with van der Waals surface area (Å²) >= 11 is 0. The summed E-state index contributed by atoms with van der Waals surface area (Å²) in [5, 5.41) is 12.4. The van der Waals surface area contributed by atoms with Crippen LogP contribution < -0.4 is 5.32 Å². The molecule has 7 heteroatoms. The van der Waals surface area contributed by atoms with Gasteiger partial charge >= 0.3 is 12.1 Å². The Kier molecular flexibility index (Phi) is 7.45. The number of carboxylic acid groups (broad SMARTS) is 1. The van der Waals surface area contributed by atoms with Gasteiger partial charge in [0.05, 0.1) is 0 Å². The minimum absolute atomic E-state index is 0.0900. The first-order valence-electron chi connectivity index (χ1n) is 13.2. The zero-order valence-corrected chi connectivity index (χ0v) is 21.3. The lowest BCUT2D eigenvalue weighted by atomic mass is 9.80. The molecule has 2 aliphatic carbocycles. The fourth-order valence-electron chi connectivity index (χ4n) is 5.85. The van der Waals surface area contributed by atoms with Crippen LogP contribution in [-0.4, -0.2) is 46.7 Å². The highest BCUT2D eigenvalue weighted by Crippen LogP contribution is 2.44. The van der Waals surface area contributed by atoms with Crippen LogP contribution in [0.15, 0.2) is 78.9 Å². The number of ether oxygens (including phenoxy) is 1. The van der Waals surface area contributed by atoms with Crippen molar-refractivity contribution in [3.63, 3.8) is 0 Å². The molecule has 0 unspecified atom stereocenters. The first-order valence-corrected chi connectivity index (χ1v) is 13.2. The van der Waals surface area contributed by atoms with Gasteiger partial charge in [-0.1, -0.05) is 98.1 Å². The third-order valence-electron chi connectivity index (χ3n) is 7.63. The standard InChI is InChI=1S/C31H32N2O5/c34-28(35)20-33(19-22-11-3-1-4-12-22)29(36)31(17-9-2-10-18-31)32-30(37)38-21-27-25-15-7-5-13-23(25)24-14-6-8-16-26(24)27/h1,3-8,11-16,27H,2,9-10,17-21H2,(H,32,37)(H,34,35). The normalized spacial score (nSPS) is 15.7. The average Bonchev–Trinajstić information content (AvgIpc) is 3.25. The van der Waals surface area contributed by atoms with E-state index >= 15 is 0 Å². The number of nitrogens with one attached hydrogen (secondary N) is 1. The van der Waals surface area contributed by atoms with Crippen molar-refractivity contribution in [1.82, 2.24) is 10.2 Å². The fraction of sp³-hybridized carbons (Fsp3) is 0.323. The van der Waals surface area contributed by atoms with E-state index in [4.69, 9.17) is 4.74 Å². The Morgan fingerprint density at radius 2 is 1.42 bits per heavy atom. The molecule has 0 bridgehead atoms. The number of alkyl carbamates (subject to hydrolysis) is 1. The van der Waals surface area contributed by atoms with Crippen LogP contribution in [0.4, 0.5) is 4.79 Å². The van der Waals surface area contributed by atoms with E-state index in [1.807, 2.05) is 54.6 Å². The average molecular weight is 513 g/mol. The van der Waals surface area contributed by atoms with Gasteiger partial charge in [0.2, 0.25) is 5.91 Å². The number of benzene rings is 3. The van der Waals surface area contributed by atoms with E-state index in [0.29, 0.717) is 12.8 Å². The third-order valence-corrected chi connectivity index (χ3v) is 7.63. The summed E-state index contributed by atoms with van der Waals surface area (Å²) in [6, 6.07) is 25.5. The van der Waals surface area contributed by atoms with Crippen LogP contribution in [0.25, 0.3) is 11.1 Å². The van der Waals surface area contributed by atoms with E-state index in [2.05, 4.69) is 29.6 Å². The molecule has 2 N–H and O–H groups in total. The monoisotopic (exact) mass is 512 g/mol. The maximum atomic E-state index is 13.9. The SMILES string of the molecule is O=C(O)CN(Cc1ccccc1)C(=O)C1(NC(=O)OCC2c3ccccc3-c3ccccc32)CCCCC1. The van der Waals surface area contributed by atoms with Crippen molar-refractivity contribution in [3.8, 4) is 11.1 Å². The summed E-state index contributed by atoms with van der Waals surface area (Å²) in [5.74, 6) is -1.56. The Labute approximate surface area is 222 Å². The maximum Gasteiger partial charge on any atom is 0.408 e. The predicted octanol–water partition coefficient (Wildman–Crippen LogP) is 5.34. The van der Waals surface area contributed by atoms with Crippen molar-refractivity contribution in [3.05, 3.63) is 95.6 Å². The second-order valence-corrected chi connectivity index (χ2v) is 10.1. The molecule has 2 amide bonds. The van der Waals surface area contributed by atoms with E-state index < -0.39 is 24.1 Å². The third kappa shape index (κ3) is 5.28. The van der Waals surface area contributed by atoms with E-state index in [-0.39, 0.29) is 25.0 Å². The van der Waals surface area contributed by atoms with Crippen molar-refractivity contribution in [2.45, 2.75) is 50.1 Å². The van der Waals surface area contributed by atoms with Gasteiger partial charge in [0.25, 0.3) is 0 Å². The lowest BCUT2D eigenvalue weighted by molar-refractivity contribution is -0.149.